The molecular formula is C28H30Cl3N7O3. The van der Waals surface area contributed by atoms with Crippen molar-refractivity contribution in [2.24, 2.45) is 7.05 Å². The number of aryl methyl sites for hydroxylation is 2. The number of carbonyl (C=O) groups excluding carboxylic acids is 2. The summed E-state index contributed by atoms with van der Waals surface area (Å²) in [7, 11) is 1.65. The summed E-state index contributed by atoms with van der Waals surface area (Å²) in [5.74, 6) is 0.668. The molecule has 41 heavy (non-hydrogen) atoms. The third-order valence-electron chi connectivity index (χ3n) is 5.37. The largest absolute Gasteiger partial charge is 0.469 e. The van der Waals surface area contributed by atoms with Gasteiger partial charge in [0, 0.05) is 35.8 Å². The number of carbonyl (C=O) groups is 2. The lowest BCUT2D eigenvalue weighted by atomic mass is 10.0. The highest BCUT2D eigenvalue weighted by atomic mass is 35.5. The minimum atomic E-state index is -0.343. The van der Waals surface area contributed by atoms with Crippen molar-refractivity contribution < 1.29 is 14.3 Å². The molecule has 0 aliphatic heterocycles. The van der Waals surface area contributed by atoms with E-state index in [9.17, 15) is 9.59 Å². The molecule has 4 rings (SSSR count). The van der Waals surface area contributed by atoms with Crippen molar-refractivity contribution >= 4 is 58.3 Å². The Kier molecular flexibility index (Phi) is 11.5. The monoisotopic (exact) mass is 617 g/mol. The Balaban J connectivity index is 0.000000278. The number of nitrogens with one attached hydrogen (secondary N) is 2. The van der Waals surface area contributed by atoms with Crippen molar-refractivity contribution in [2.75, 3.05) is 23.8 Å². The second-order valence-electron chi connectivity index (χ2n) is 9.00. The summed E-state index contributed by atoms with van der Waals surface area (Å²) in [6.45, 7) is 8.21. The molecule has 216 valence electrons. The van der Waals surface area contributed by atoms with Gasteiger partial charge < -0.3 is 15.4 Å². The maximum atomic E-state index is 13.0. The number of aromatic nitrogens is 5. The Hall–Kier alpha value is -3.73. The first-order valence-electron chi connectivity index (χ1n) is 12.7. The van der Waals surface area contributed by atoms with Gasteiger partial charge in [-0.25, -0.2) is 4.68 Å². The van der Waals surface area contributed by atoms with Crippen LogP contribution in [-0.2, 0) is 7.05 Å². The van der Waals surface area contributed by atoms with Crippen LogP contribution in [0.2, 0.25) is 15.3 Å². The molecule has 0 radical (unpaired) electrons. The molecular weight excluding hydrogens is 589 g/mol. The van der Waals surface area contributed by atoms with E-state index in [4.69, 9.17) is 39.5 Å². The summed E-state index contributed by atoms with van der Waals surface area (Å²) in [6.07, 6.45) is 0. The lowest BCUT2D eigenvalue weighted by Gasteiger charge is -2.09. The van der Waals surface area contributed by atoms with Crippen LogP contribution in [0.4, 0.5) is 11.9 Å². The maximum absolute atomic E-state index is 13.0. The topological polar surface area (TPSA) is 124 Å². The maximum Gasteiger partial charge on any atom is 0.228 e. The van der Waals surface area contributed by atoms with E-state index < -0.39 is 0 Å². The standard InChI is InChI=1S/C20H16Cl2N2O3.C8H14ClN5/c1-12-18(19(26)15-9-8-14(21)10-16(15)22)20(24(2)23-12)27-11-17(25)13-6-4-3-5-7-13;1-4-10-7-12-6(9)13-8(14-7)11-5(2)3/h3-10H,11H2,1-2H3;5H,4H2,1-3H3,(H2,10,11,12,13,14). The van der Waals surface area contributed by atoms with Gasteiger partial charge in [-0.15, -0.1) is 0 Å². The number of ketones is 2. The molecule has 4 aromatic rings. The second kappa shape index (κ2) is 14.8. The fourth-order valence-corrected chi connectivity index (χ4v) is 4.28. The molecule has 0 atom stereocenters. The minimum absolute atomic E-state index is 0.194. The van der Waals surface area contributed by atoms with Crippen LogP contribution < -0.4 is 15.4 Å². The van der Waals surface area contributed by atoms with Crippen LogP contribution in [0, 0.1) is 6.92 Å². The zero-order valence-electron chi connectivity index (χ0n) is 23.2. The zero-order chi connectivity index (χ0) is 30.1. The van der Waals surface area contributed by atoms with Crippen molar-refractivity contribution in [1.29, 1.82) is 0 Å². The van der Waals surface area contributed by atoms with Crippen LogP contribution >= 0.6 is 34.8 Å². The average molecular weight is 619 g/mol. The fraction of sp³-hybridized carbons (Fsp3) is 0.286. The Labute approximate surface area is 253 Å². The van der Waals surface area contributed by atoms with Gasteiger partial charge in [-0.3, -0.25) is 9.59 Å². The lowest BCUT2D eigenvalue weighted by Crippen LogP contribution is -2.15. The molecule has 0 aliphatic rings. The Morgan fingerprint density at radius 2 is 1.68 bits per heavy atom. The van der Waals surface area contributed by atoms with Gasteiger partial charge in [-0.2, -0.15) is 20.1 Å². The predicted molar refractivity (Wildman–Crippen MR) is 162 cm³/mol. The van der Waals surface area contributed by atoms with E-state index >= 15 is 0 Å². The third-order valence-corrected chi connectivity index (χ3v) is 6.09. The van der Waals surface area contributed by atoms with Gasteiger partial charge in [-0.05, 0) is 57.5 Å². The molecule has 0 bridgehead atoms. The van der Waals surface area contributed by atoms with Crippen molar-refractivity contribution in [3.8, 4) is 5.88 Å². The number of hydrogen-bond donors (Lipinski definition) is 2. The Bertz CT molecular complexity index is 1510. The van der Waals surface area contributed by atoms with Crippen molar-refractivity contribution in [3.63, 3.8) is 0 Å². The molecule has 0 amide bonds. The molecule has 0 unspecified atom stereocenters. The number of nitrogens with zero attached hydrogens (tertiary/aromatic N) is 5. The fourth-order valence-electron chi connectivity index (χ4n) is 3.62. The molecule has 0 fully saturated rings. The van der Waals surface area contributed by atoms with Crippen molar-refractivity contribution in [1.82, 2.24) is 24.7 Å². The highest BCUT2D eigenvalue weighted by Crippen LogP contribution is 2.29. The van der Waals surface area contributed by atoms with Gasteiger partial charge >= 0.3 is 0 Å². The zero-order valence-corrected chi connectivity index (χ0v) is 25.5. The lowest BCUT2D eigenvalue weighted by molar-refractivity contribution is 0.0908. The molecule has 0 saturated heterocycles. The number of ether oxygens (including phenoxy) is 1. The molecule has 2 N–H and O–H groups in total. The first-order valence-corrected chi connectivity index (χ1v) is 13.8. The van der Waals surface area contributed by atoms with E-state index in [0.29, 0.717) is 28.2 Å². The van der Waals surface area contributed by atoms with Gasteiger partial charge in [-0.1, -0.05) is 53.5 Å². The average Bonchev–Trinajstić information content (AvgIpc) is 3.19. The smallest absolute Gasteiger partial charge is 0.228 e. The molecule has 2 aromatic heterocycles. The molecule has 10 nitrogen and oxygen atoms in total. The van der Waals surface area contributed by atoms with E-state index in [1.165, 1.54) is 10.7 Å². The predicted octanol–water partition coefficient (Wildman–Crippen LogP) is 6.31. The Morgan fingerprint density at radius 1 is 1.00 bits per heavy atom. The summed E-state index contributed by atoms with van der Waals surface area (Å²) in [6, 6.07) is 13.7. The first-order chi connectivity index (χ1) is 19.5. The summed E-state index contributed by atoms with van der Waals surface area (Å²) in [4.78, 5) is 37.3. The van der Waals surface area contributed by atoms with Crippen LogP contribution in [-0.4, -0.2) is 55.5 Å². The van der Waals surface area contributed by atoms with Crippen molar-refractivity contribution in [3.05, 3.63) is 86.2 Å². The van der Waals surface area contributed by atoms with E-state index in [2.05, 4.69) is 30.7 Å². The number of Topliss-reactive ketones (excluding diaryl/α,β-unsaturated/α-hetero) is 1. The summed E-state index contributed by atoms with van der Waals surface area (Å²) in [5, 5.41) is 11.1. The summed E-state index contributed by atoms with van der Waals surface area (Å²) < 4.78 is 7.11. The normalized spacial score (nSPS) is 10.6. The summed E-state index contributed by atoms with van der Waals surface area (Å²) >= 11 is 17.8. The SMILES string of the molecule is CCNc1nc(Cl)nc(NC(C)C)n1.Cc1nn(C)c(OCC(=O)c2ccccc2)c1C(=O)c1ccc(Cl)cc1Cl. The van der Waals surface area contributed by atoms with Crippen LogP contribution in [0.1, 0.15) is 52.7 Å². The minimum Gasteiger partial charge on any atom is -0.469 e. The number of hydrogen-bond acceptors (Lipinski definition) is 9. The second-order valence-corrected chi connectivity index (χ2v) is 10.2. The number of halogens is 3. The summed E-state index contributed by atoms with van der Waals surface area (Å²) in [5.41, 5.74) is 1.57. The van der Waals surface area contributed by atoms with Crippen LogP contribution in [0.25, 0.3) is 0 Å². The number of benzene rings is 2. The van der Waals surface area contributed by atoms with E-state index in [-0.39, 0.29) is 51.5 Å². The van der Waals surface area contributed by atoms with Gasteiger partial charge in [0.05, 0.1) is 10.7 Å². The Morgan fingerprint density at radius 3 is 2.32 bits per heavy atom. The van der Waals surface area contributed by atoms with Gasteiger partial charge in [0.1, 0.15) is 5.56 Å². The van der Waals surface area contributed by atoms with E-state index in [1.807, 2.05) is 26.8 Å². The molecule has 13 heteroatoms. The molecule has 0 saturated carbocycles. The van der Waals surface area contributed by atoms with Crippen LogP contribution in [0.5, 0.6) is 5.88 Å². The molecule has 2 aromatic carbocycles. The van der Waals surface area contributed by atoms with Crippen LogP contribution in [0.3, 0.4) is 0 Å². The van der Waals surface area contributed by atoms with Gasteiger partial charge in [0.2, 0.25) is 28.8 Å². The highest BCUT2D eigenvalue weighted by Gasteiger charge is 2.25. The molecule has 2 heterocycles. The molecule has 0 spiro atoms. The number of rotatable bonds is 10. The van der Waals surface area contributed by atoms with Gasteiger partial charge in [0.15, 0.2) is 12.4 Å². The molecule has 0 aliphatic carbocycles. The van der Waals surface area contributed by atoms with E-state index in [0.717, 1.165) is 6.54 Å². The first kappa shape index (κ1) is 31.8. The van der Waals surface area contributed by atoms with Crippen LogP contribution in [0.15, 0.2) is 48.5 Å². The third kappa shape index (κ3) is 8.88. The number of anilines is 2. The van der Waals surface area contributed by atoms with Crippen molar-refractivity contribution in [2.45, 2.75) is 33.7 Å². The highest BCUT2D eigenvalue weighted by molar-refractivity contribution is 6.37. The van der Waals surface area contributed by atoms with E-state index in [1.54, 1.807) is 50.4 Å². The quantitative estimate of drug-likeness (QED) is 0.197. The van der Waals surface area contributed by atoms with Gasteiger partial charge in [0.25, 0.3) is 0 Å².